The lowest BCUT2D eigenvalue weighted by Gasteiger charge is -2.46. The summed E-state index contributed by atoms with van der Waals surface area (Å²) in [6.07, 6.45) is -4.28. The minimum Gasteiger partial charge on any atom is -0.463 e. The van der Waals surface area contributed by atoms with Crippen LogP contribution in [-0.2, 0) is 42.9 Å². The van der Waals surface area contributed by atoms with Gasteiger partial charge in [0.1, 0.15) is 18.8 Å². The van der Waals surface area contributed by atoms with Crippen LogP contribution in [0.4, 0.5) is 0 Å². The van der Waals surface area contributed by atoms with Crippen molar-refractivity contribution in [3.8, 4) is 0 Å². The average Bonchev–Trinajstić information content (AvgIpc) is 2.48. The molecule has 0 spiro atoms. The van der Waals surface area contributed by atoms with Crippen molar-refractivity contribution >= 4 is 23.8 Å². The van der Waals surface area contributed by atoms with Crippen molar-refractivity contribution in [1.82, 2.24) is 5.32 Å². The van der Waals surface area contributed by atoms with E-state index >= 15 is 0 Å². The van der Waals surface area contributed by atoms with Gasteiger partial charge in [-0.15, -0.1) is 0 Å². The summed E-state index contributed by atoms with van der Waals surface area (Å²) in [6, 6.07) is -0.960. The van der Waals surface area contributed by atoms with Crippen LogP contribution in [0.25, 0.3) is 0 Å². The molecule has 1 rings (SSSR count). The molecule has 1 aliphatic rings. The van der Waals surface area contributed by atoms with E-state index in [1.54, 1.807) is 20.8 Å². The van der Waals surface area contributed by atoms with Crippen LogP contribution in [0.15, 0.2) is 0 Å². The number of nitrogens with one attached hydrogen (secondary N) is 1. The van der Waals surface area contributed by atoms with Gasteiger partial charge in [0.25, 0.3) is 0 Å². The van der Waals surface area contributed by atoms with Crippen LogP contribution < -0.4 is 5.32 Å². The fourth-order valence-electron chi connectivity index (χ4n) is 2.74. The Bertz CT molecular complexity index is 598. The molecule has 0 saturated carbocycles. The first-order chi connectivity index (χ1) is 12.8. The number of carbonyl (C=O) groups excluding carboxylic acids is 4. The normalized spacial score (nSPS) is 27.5. The lowest BCUT2D eigenvalue weighted by molar-refractivity contribution is -0.297. The van der Waals surface area contributed by atoms with Gasteiger partial charge in [0.05, 0.1) is 5.60 Å². The molecule has 0 bridgehead atoms. The first-order valence-corrected chi connectivity index (χ1v) is 8.88. The van der Waals surface area contributed by atoms with Gasteiger partial charge in [-0.05, 0) is 20.8 Å². The molecule has 5 atom stereocenters. The van der Waals surface area contributed by atoms with E-state index in [-0.39, 0.29) is 6.61 Å². The summed E-state index contributed by atoms with van der Waals surface area (Å²) in [5.74, 6) is -2.30. The van der Waals surface area contributed by atoms with Crippen molar-refractivity contribution in [1.29, 1.82) is 0 Å². The van der Waals surface area contributed by atoms with E-state index < -0.39 is 60.1 Å². The predicted octanol–water partition coefficient (Wildman–Crippen LogP) is 0.458. The fraction of sp³-hybridized carbons (Fsp3) is 0.778. The molecule has 28 heavy (non-hydrogen) atoms. The molecule has 1 fully saturated rings. The molecular weight excluding hydrogens is 374 g/mol. The molecule has 1 amide bonds. The lowest BCUT2D eigenvalue weighted by atomic mass is 9.95. The number of amides is 1. The third kappa shape index (κ3) is 7.81. The van der Waals surface area contributed by atoms with Crippen LogP contribution in [0.2, 0.25) is 0 Å². The molecule has 0 radical (unpaired) electrons. The summed E-state index contributed by atoms with van der Waals surface area (Å²) < 4.78 is 27.4. The van der Waals surface area contributed by atoms with E-state index in [4.69, 9.17) is 23.7 Å². The molecule has 1 N–H and O–H groups in total. The number of rotatable bonds is 6. The maximum atomic E-state index is 11.7. The highest BCUT2D eigenvalue weighted by Gasteiger charge is 2.52. The molecule has 0 aromatic rings. The summed E-state index contributed by atoms with van der Waals surface area (Å²) in [6.45, 7) is 9.94. The van der Waals surface area contributed by atoms with Gasteiger partial charge in [0.2, 0.25) is 5.91 Å². The zero-order valence-electron chi connectivity index (χ0n) is 17.3. The van der Waals surface area contributed by atoms with Gasteiger partial charge >= 0.3 is 17.9 Å². The molecule has 10 nitrogen and oxygen atoms in total. The standard InChI is InChI=1S/C18H29NO9/c1-9(20)19-14-16(26-12(4)23)15(25-11(3)22)13(8-24-10(2)21)27-17(14)28-18(5,6)7/h13-17H,8H2,1-7H3,(H,19,20)/t13-,14+,15+,16+,17-/m0/s1. The van der Waals surface area contributed by atoms with Gasteiger partial charge in [-0.1, -0.05) is 0 Å². The smallest absolute Gasteiger partial charge is 0.303 e. The van der Waals surface area contributed by atoms with Gasteiger partial charge in [-0.2, -0.15) is 0 Å². The van der Waals surface area contributed by atoms with Gasteiger partial charge < -0.3 is 29.0 Å². The fourth-order valence-corrected chi connectivity index (χ4v) is 2.74. The second-order valence-electron chi connectivity index (χ2n) is 7.45. The number of hydrogen-bond acceptors (Lipinski definition) is 9. The number of esters is 3. The molecule has 1 heterocycles. The third-order valence-electron chi connectivity index (χ3n) is 3.54. The van der Waals surface area contributed by atoms with Crippen LogP contribution in [0.1, 0.15) is 48.5 Å². The Kier molecular flexibility index (Phi) is 8.37. The Hall–Kier alpha value is -2.20. The van der Waals surface area contributed by atoms with Gasteiger partial charge in [-0.25, -0.2) is 0 Å². The van der Waals surface area contributed by atoms with E-state index in [1.165, 1.54) is 27.7 Å². The summed E-state index contributed by atoms with van der Waals surface area (Å²) in [5, 5.41) is 2.63. The van der Waals surface area contributed by atoms with Gasteiger partial charge in [0, 0.05) is 27.7 Å². The highest BCUT2D eigenvalue weighted by molar-refractivity contribution is 5.73. The van der Waals surface area contributed by atoms with E-state index in [0.29, 0.717) is 0 Å². The Labute approximate surface area is 164 Å². The van der Waals surface area contributed by atoms with Crippen LogP contribution in [-0.4, -0.2) is 66.7 Å². The van der Waals surface area contributed by atoms with Gasteiger partial charge in [-0.3, -0.25) is 19.2 Å². The van der Waals surface area contributed by atoms with Gasteiger partial charge in [0.15, 0.2) is 18.5 Å². The summed E-state index contributed by atoms with van der Waals surface area (Å²) in [5.41, 5.74) is -0.678. The van der Waals surface area contributed by atoms with E-state index in [2.05, 4.69) is 5.32 Å². The Balaban J connectivity index is 3.33. The molecule has 0 aromatic carbocycles. The molecule has 0 aliphatic carbocycles. The maximum Gasteiger partial charge on any atom is 0.303 e. The quantitative estimate of drug-likeness (QED) is 0.497. The van der Waals surface area contributed by atoms with Crippen molar-refractivity contribution in [3.63, 3.8) is 0 Å². The minimum atomic E-state index is -1.13. The predicted molar refractivity (Wildman–Crippen MR) is 94.8 cm³/mol. The maximum absolute atomic E-state index is 11.7. The number of ether oxygens (including phenoxy) is 5. The van der Waals surface area contributed by atoms with Crippen LogP contribution in [0.3, 0.4) is 0 Å². The lowest BCUT2D eigenvalue weighted by Crippen LogP contribution is -2.67. The van der Waals surface area contributed by atoms with Crippen LogP contribution in [0.5, 0.6) is 0 Å². The first kappa shape index (κ1) is 23.8. The van der Waals surface area contributed by atoms with E-state index in [9.17, 15) is 19.2 Å². The van der Waals surface area contributed by atoms with Crippen molar-refractivity contribution in [2.24, 2.45) is 0 Å². The molecule has 10 heteroatoms. The summed E-state index contributed by atoms with van der Waals surface area (Å²) in [4.78, 5) is 46.3. The molecule has 0 unspecified atom stereocenters. The number of hydrogen-bond donors (Lipinski definition) is 1. The van der Waals surface area contributed by atoms with Crippen molar-refractivity contribution in [3.05, 3.63) is 0 Å². The van der Waals surface area contributed by atoms with Crippen LogP contribution >= 0.6 is 0 Å². The topological polar surface area (TPSA) is 126 Å². The van der Waals surface area contributed by atoms with Crippen molar-refractivity contribution in [2.75, 3.05) is 6.61 Å². The monoisotopic (exact) mass is 403 g/mol. The Morgan fingerprint density at radius 1 is 0.893 bits per heavy atom. The Morgan fingerprint density at radius 2 is 1.43 bits per heavy atom. The second kappa shape index (κ2) is 9.83. The molecule has 0 aromatic heterocycles. The Morgan fingerprint density at radius 3 is 1.86 bits per heavy atom. The zero-order valence-corrected chi connectivity index (χ0v) is 17.3. The van der Waals surface area contributed by atoms with Crippen molar-refractivity contribution < 1.29 is 42.9 Å². The SMILES string of the molecule is CC(=O)N[C@H]1[C@H](OC(C)(C)C)O[C@@H](COC(C)=O)[C@@H](OC(C)=O)[C@@H]1OC(C)=O. The molecular formula is C18H29NO9. The van der Waals surface area contributed by atoms with Crippen molar-refractivity contribution in [2.45, 2.75) is 84.7 Å². The minimum absolute atomic E-state index is 0.262. The largest absolute Gasteiger partial charge is 0.463 e. The second-order valence-corrected chi connectivity index (χ2v) is 7.45. The average molecular weight is 403 g/mol. The van der Waals surface area contributed by atoms with E-state index in [1.807, 2.05) is 0 Å². The number of carbonyl (C=O) groups is 4. The van der Waals surface area contributed by atoms with Crippen LogP contribution in [0, 0.1) is 0 Å². The highest BCUT2D eigenvalue weighted by Crippen LogP contribution is 2.30. The van der Waals surface area contributed by atoms with E-state index in [0.717, 1.165) is 0 Å². The first-order valence-electron chi connectivity index (χ1n) is 8.88. The summed E-state index contributed by atoms with van der Waals surface area (Å²) >= 11 is 0. The third-order valence-corrected chi connectivity index (χ3v) is 3.54. The molecule has 1 aliphatic heterocycles. The molecule has 160 valence electrons. The zero-order chi connectivity index (χ0) is 21.6. The highest BCUT2D eigenvalue weighted by atomic mass is 16.7. The molecule has 1 saturated heterocycles. The summed E-state index contributed by atoms with van der Waals surface area (Å²) in [7, 11) is 0.